The standard InChI is InChI=1S/C24H26N2O7S/c1-14-13-19-16(3)20(23(27)26-9-11-32-12-10-26)33-21(19)22(15(14)2)34(29,30)25-18-7-5-17(6-8-18)24(28)31-4/h5-8,13,25H,9-12H2,1-4H3. The minimum absolute atomic E-state index is 0.0244. The minimum Gasteiger partial charge on any atom is -0.465 e. The lowest BCUT2D eigenvalue weighted by Crippen LogP contribution is -2.40. The van der Waals surface area contributed by atoms with Gasteiger partial charge in [0.25, 0.3) is 15.9 Å². The number of nitrogens with one attached hydrogen (secondary N) is 1. The maximum Gasteiger partial charge on any atom is 0.337 e. The monoisotopic (exact) mass is 486 g/mol. The van der Waals surface area contributed by atoms with Crippen LogP contribution in [0.5, 0.6) is 0 Å². The second-order valence-electron chi connectivity index (χ2n) is 8.16. The van der Waals surface area contributed by atoms with Gasteiger partial charge in [-0.25, -0.2) is 13.2 Å². The molecule has 2 aromatic carbocycles. The number of methoxy groups -OCH3 is 1. The fourth-order valence-electron chi connectivity index (χ4n) is 3.98. The first-order valence-electron chi connectivity index (χ1n) is 10.8. The Kier molecular flexibility index (Phi) is 6.37. The Bertz CT molecular complexity index is 1370. The lowest BCUT2D eigenvalue weighted by atomic mass is 10.0. The van der Waals surface area contributed by atoms with E-state index < -0.39 is 16.0 Å². The zero-order valence-electron chi connectivity index (χ0n) is 19.4. The van der Waals surface area contributed by atoms with Crippen molar-refractivity contribution in [2.45, 2.75) is 25.7 Å². The number of esters is 1. The lowest BCUT2D eigenvalue weighted by Gasteiger charge is -2.26. The molecule has 2 heterocycles. The third kappa shape index (κ3) is 4.26. The van der Waals surface area contributed by atoms with Crippen molar-refractivity contribution < 1.29 is 31.9 Å². The van der Waals surface area contributed by atoms with Gasteiger partial charge in [-0.15, -0.1) is 0 Å². The Balaban J connectivity index is 1.77. The van der Waals surface area contributed by atoms with Crippen LogP contribution in [-0.4, -0.2) is 58.6 Å². The Morgan fingerprint density at radius 3 is 2.29 bits per heavy atom. The summed E-state index contributed by atoms with van der Waals surface area (Å²) in [7, 11) is -2.82. The molecule has 1 saturated heterocycles. The van der Waals surface area contributed by atoms with E-state index in [1.165, 1.54) is 31.4 Å². The van der Waals surface area contributed by atoms with Crippen molar-refractivity contribution in [2.24, 2.45) is 0 Å². The maximum atomic E-state index is 13.5. The number of hydrogen-bond donors (Lipinski definition) is 1. The normalized spacial score (nSPS) is 14.3. The van der Waals surface area contributed by atoms with Crippen LogP contribution in [0.15, 0.2) is 39.6 Å². The number of hydrogen-bond acceptors (Lipinski definition) is 7. The average Bonchev–Trinajstić information content (AvgIpc) is 3.14. The van der Waals surface area contributed by atoms with Crippen molar-refractivity contribution in [3.05, 3.63) is 58.3 Å². The molecule has 9 nitrogen and oxygen atoms in total. The molecule has 0 aliphatic carbocycles. The summed E-state index contributed by atoms with van der Waals surface area (Å²) in [6.07, 6.45) is 0. The molecule has 10 heteroatoms. The summed E-state index contributed by atoms with van der Waals surface area (Å²) in [4.78, 5) is 26.4. The summed E-state index contributed by atoms with van der Waals surface area (Å²) < 4.78 is 45.5. The summed E-state index contributed by atoms with van der Waals surface area (Å²) in [5.41, 5.74) is 2.57. The molecular formula is C24H26N2O7S. The molecule has 0 bridgehead atoms. The molecule has 1 aliphatic rings. The lowest BCUT2D eigenvalue weighted by molar-refractivity contribution is 0.0283. The van der Waals surface area contributed by atoms with Crippen LogP contribution >= 0.6 is 0 Å². The molecule has 0 radical (unpaired) electrons. The van der Waals surface area contributed by atoms with E-state index in [0.29, 0.717) is 48.4 Å². The van der Waals surface area contributed by atoms with Crippen molar-refractivity contribution >= 4 is 38.6 Å². The van der Waals surface area contributed by atoms with Crippen LogP contribution in [0.4, 0.5) is 5.69 Å². The first kappa shape index (κ1) is 23.8. The largest absolute Gasteiger partial charge is 0.465 e. The molecule has 180 valence electrons. The van der Waals surface area contributed by atoms with Crippen LogP contribution in [0.1, 0.15) is 37.6 Å². The number of aryl methyl sites for hydroxylation is 2. The van der Waals surface area contributed by atoms with Crippen molar-refractivity contribution in [3.8, 4) is 0 Å². The Morgan fingerprint density at radius 1 is 1.03 bits per heavy atom. The van der Waals surface area contributed by atoms with Crippen LogP contribution in [0, 0.1) is 20.8 Å². The minimum atomic E-state index is -4.09. The summed E-state index contributed by atoms with van der Waals surface area (Å²) in [6.45, 7) is 7.05. The highest BCUT2D eigenvalue weighted by molar-refractivity contribution is 7.93. The second-order valence-corrected chi connectivity index (χ2v) is 9.78. The average molecular weight is 487 g/mol. The van der Waals surface area contributed by atoms with E-state index in [-0.39, 0.29) is 27.8 Å². The van der Waals surface area contributed by atoms with Crippen LogP contribution in [0.25, 0.3) is 11.0 Å². The molecule has 0 unspecified atom stereocenters. The van der Waals surface area contributed by atoms with Crippen LogP contribution in [0.3, 0.4) is 0 Å². The molecule has 1 N–H and O–H groups in total. The van der Waals surface area contributed by atoms with Gasteiger partial charge in [-0.05, 0) is 62.2 Å². The van der Waals surface area contributed by atoms with Gasteiger partial charge in [0.2, 0.25) is 0 Å². The van der Waals surface area contributed by atoms with Gasteiger partial charge in [-0.1, -0.05) is 0 Å². The maximum absolute atomic E-state index is 13.5. The van der Waals surface area contributed by atoms with E-state index in [2.05, 4.69) is 9.46 Å². The molecule has 0 saturated carbocycles. The summed E-state index contributed by atoms with van der Waals surface area (Å²) in [6, 6.07) is 7.74. The SMILES string of the molecule is COC(=O)c1ccc(NS(=O)(=O)c2c(C)c(C)cc3c(C)c(C(=O)N4CCOCC4)oc23)cc1. The van der Waals surface area contributed by atoms with Gasteiger partial charge in [0.15, 0.2) is 11.3 Å². The molecule has 1 aromatic heterocycles. The number of ether oxygens (including phenoxy) is 2. The van der Waals surface area contributed by atoms with Crippen molar-refractivity contribution in [3.63, 3.8) is 0 Å². The van der Waals surface area contributed by atoms with Gasteiger partial charge in [-0.2, -0.15) is 0 Å². The number of fused-ring (bicyclic) bond motifs is 1. The number of amides is 1. The van der Waals surface area contributed by atoms with Crippen LogP contribution in [-0.2, 0) is 19.5 Å². The number of anilines is 1. The number of nitrogens with zero attached hydrogens (tertiary/aromatic N) is 1. The van der Waals surface area contributed by atoms with Crippen LogP contribution < -0.4 is 4.72 Å². The van der Waals surface area contributed by atoms with E-state index in [1.54, 1.807) is 18.7 Å². The van der Waals surface area contributed by atoms with E-state index in [4.69, 9.17) is 9.15 Å². The Labute approximate surface area is 197 Å². The highest BCUT2D eigenvalue weighted by atomic mass is 32.2. The van der Waals surface area contributed by atoms with E-state index in [0.717, 1.165) is 5.56 Å². The number of carbonyl (C=O) groups is 2. The number of furan rings is 1. The Morgan fingerprint density at radius 2 is 1.68 bits per heavy atom. The summed E-state index contributed by atoms with van der Waals surface area (Å²) >= 11 is 0. The molecule has 4 rings (SSSR count). The molecule has 0 spiro atoms. The Hall–Kier alpha value is -3.37. The van der Waals surface area contributed by atoms with E-state index >= 15 is 0 Å². The van der Waals surface area contributed by atoms with Gasteiger partial charge >= 0.3 is 5.97 Å². The third-order valence-corrected chi connectivity index (χ3v) is 7.55. The number of benzene rings is 2. The van der Waals surface area contributed by atoms with E-state index in [1.807, 2.05) is 13.0 Å². The number of rotatable bonds is 5. The van der Waals surface area contributed by atoms with Crippen molar-refractivity contribution in [2.75, 3.05) is 38.1 Å². The predicted molar refractivity (Wildman–Crippen MR) is 126 cm³/mol. The second kappa shape index (κ2) is 9.11. The molecule has 1 fully saturated rings. The van der Waals surface area contributed by atoms with Gasteiger partial charge in [0.1, 0.15) is 4.90 Å². The fraction of sp³-hybridized carbons (Fsp3) is 0.333. The fourth-order valence-corrected chi connectivity index (χ4v) is 5.49. The number of carbonyl (C=O) groups excluding carboxylic acids is 2. The van der Waals surface area contributed by atoms with Gasteiger partial charge in [0, 0.05) is 29.7 Å². The molecular weight excluding hydrogens is 460 g/mol. The summed E-state index contributed by atoms with van der Waals surface area (Å²) in [5, 5.41) is 0.570. The zero-order chi connectivity index (χ0) is 24.6. The van der Waals surface area contributed by atoms with Crippen LogP contribution in [0.2, 0.25) is 0 Å². The van der Waals surface area contributed by atoms with Gasteiger partial charge < -0.3 is 18.8 Å². The third-order valence-electron chi connectivity index (χ3n) is 6.01. The molecule has 0 atom stereocenters. The van der Waals surface area contributed by atoms with Crippen molar-refractivity contribution in [1.82, 2.24) is 4.90 Å². The topological polar surface area (TPSA) is 115 Å². The van der Waals surface area contributed by atoms with E-state index in [9.17, 15) is 18.0 Å². The zero-order valence-corrected chi connectivity index (χ0v) is 20.2. The number of morpholine rings is 1. The number of sulfonamides is 1. The van der Waals surface area contributed by atoms with Gasteiger partial charge in [-0.3, -0.25) is 9.52 Å². The van der Waals surface area contributed by atoms with Crippen molar-refractivity contribution in [1.29, 1.82) is 0 Å². The first-order valence-corrected chi connectivity index (χ1v) is 12.2. The molecule has 1 aliphatic heterocycles. The quantitative estimate of drug-likeness (QED) is 0.550. The molecule has 3 aromatic rings. The highest BCUT2D eigenvalue weighted by Crippen LogP contribution is 2.36. The predicted octanol–water partition coefficient (Wildman–Crippen LogP) is 3.42. The molecule has 1 amide bonds. The van der Waals surface area contributed by atoms with Gasteiger partial charge in [0.05, 0.1) is 25.9 Å². The smallest absolute Gasteiger partial charge is 0.337 e. The molecule has 34 heavy (non-hydrogen) atoms. The summed E-state index contributed by atoms with van der Waals surface area (Å²) in [5.74, 6) is -0.683. The first-order chi connectivity index (χ1) is 16.1. The highest BCUT2D eigenvalue weighted by Gasteiger charge is 2.30.